The van der Waals surface area contributed by atoms with Crippen LogP contribution in [0, 0.1) is 0 Å². The summed E-state index contributed by atoms with van der Waals surface area (Å²) in [7, 11) is 0. The van der Waals surface area contributed by atoms with Crippen molar-refractivity contribution in [2.45, 2.75) is 6.42 Å². The number of halogens is 1. The third-order valence-electron chi connectivity index (χ3n) is 4.69. The van der Waals surface area contributed by atoms with Crippen LogP contribution < -0.4 is 5.32 Å². The minimum Gasteiger partial charge on any atom is -0.395 e. The van der Waals surface area contributed by atoms with Gasteiger partial charge in [0.05, 0.1) is 18.7 Å². The summed E-state index contributed by atoms with van der Waals surface area (Å²) in [5, 5.41) is 23.3. The molecular weight excluding hydrogens is 400 g/mol. The molecule has 0 saturated carbocycles. The smallest absolute Gasteiger partial charge is 0.154 e. The van der Waals surface area contributed by atoms with E-state index in [0.29, 0.717) is 23.9 Å². The zero-order chi connectivity index (χ0) is 21.2. The third-order valence-corrected chi connectivity index (χ3v) is 4.94. The SMILES string of the molecule is OCCN(CCO)CCCNc1nc(/C=C/c2ccc(Cl)cc2)nc2ccccc12. The Morgan fingerprint density at radius 3 is 2.37 bits per heavy atom. The Bertz CT molecular complexity index is 957. The van der Waals surface area contributed by atoms with Gasteiger partial charge in [-0.3, -0.25) is 4.90 Å². The standard InChI is InChI=1S/C23H27ClN4O2/c24-19-9-6-18(7-10-19)8-11-22-26-21-5-2-1-4-20(21)23(27-22)25-12-3-13-28(14-16-29)15-17-30/h1-2,4-11,29-30H,3,12-17H2,(H,25,26,27)/b11-8+. The highest BCUT2D eigenvalue weighted by Gasteiger charge is 2.07. The summed E-state index contributed by atoms with van der Waals surface area (Å²) in [6, 6.07) is 15.5. The number of aromatic nitrogens is 2. The molecule has 0 aliphatic carbocycles. The van der Waals surface area contributed by atoms with E-state index in [1.54, 1.807) is 0 Å². The highest BCUT2D eigenvalue weighted by Crippen LogP contribution is 2.21. The lowest BCUT2D eigenvalue weighted by molar-refractivity contribution is 0.161. The van der Waals surface area contributed by atoms with E-state index in [9.17, 15) is 0 Å². The van der Waals surface area contributed by atoms with E-state index >= 15 is 0 Å². The van der Waals surface area contributed by atoms with Crippen molar-refractivity contribution in [3.05, 3.63) is 64.9 Å². The van der Waals surface area contributed by atoms with Crippen molar-refractivity contribution in [2.24, 2.45) is 0 Å². The lowest BCUT2D eigenvalue weighted by Gasteiger charge is -2.20. The van der Waals surface area contributed by atoms with E-state index in [1.165, 1.54) is 0 Å². The van der Waals surface area contributed by atoms with E-state index in [2.05, 4.69) is 10.3 Å². The predicted octanol–water partition coefficient (Wildman–Crippen LogP) is 3.54. The second kappa shape index (κ2) is 11.6. The first-order valence-electron chi connectivity index (χ1n) is 10.1. The highest BCUT2D eigenvalue weighted by molar-refractivity contribution is 6.30. The highest BCUT2D eigenvalue weighted by atomic mass is 35.5. The quantitative estimate of drug-likeness (QED) is 0.407. The summed E-state index contributed by atoms with van der Waals surface area (Å²) < 4.78 is 0. The molecule has 30 heavy (non-hydrogen) atoms. The average molecular weight is 427 g/mol. The van der Waals surface area contributed by atoms with E-state index < -0.39 is 0 Å². The molecule has 1 heterocycles. The maximum absolute atomic E-state index is 9.12. The summed E-state index contributed by atoms with van der Waals surface area (Å²) >= 11 is 5.95. The maximum atomic E-state index is 9.12. The number of rotatable bonds is 11. The molecule has 158 valence electrons. The number of nitrogens with zero attached hydrogens (tertiary/aromatic N) is 3. The molecule has 3 N–H and O–H groups in total. The van der Waals surface area contributed by atoms with Crippen molar-refractivity contribution < 1.29 is 10.2 Å². The molecule has 0 bridgehead atoms. The minimum atomic E-state index is 0.0906. The molecular formula is C23H27ClN4O2. The van der Waals surface area contributed by atoms with Crippen LogP contribution in [0.25, 0.3) is 23.1 Å². The van der Waals surface area contributed by atoms with Crippen LogP contribution in [0.4, 0.5) is 5.82 Å². The molecule has 7 heteroatoms. The van der Waals surface area contributed by atoms with Crippen molar-refractivity contribution in [3.63, 3.8) is 0 Å². The number of para-hydroxylation sites is 1. The van der Waals surface area contributed by atoms with Crippen LogP contribution in [-0.2, 0) is 0 Å². The molecule has 0 atom stereocenters. The Kier molecular flexibility index (Phi) is 8.59. The van der Waals surface area contributed by atoms with Gasteiger partial charge in [-0.15, -0.1) is 0 Å². The third kappa shape index (κ3) is 6.50. The number of anilines is 1. The minimum absolute atomic E-state index is 0.0906. The molecule has 3 rings (SSSR count). The number of hydrogen-bond donors (Lipinski definition) is 3. The second-order valence-electron chi connectivity index (χ2n) is 6.90. The predicted molar refractivity (Wildman–Crippen MR) is 124 cm³/mol. The summed E-state index contributed by atoms with van der Waals surface area (Å²) in [5.41, 5.74) is 1.91. The molecule has 0 saturated heterocycles. The molecule has 0 amide bonds. The zero-order valence-corrected chi connectivity index (χ0v) is 17.6. The Hall–Kier alpha value is -2.51. The topological polar surface area (TPSA) is 81.5 Å². The summed E-state index contributed by atoms with van der Waals surface area (Å²) in [5.74, 6) is 1.43. The fourth-order valence-electron chi connectivity index (χ4n) is 3.18. The van der Waals surface area contributed by atoms with Crippen molar-refractivity contribution >= 4 is 40.5 Å². The van der Waals surface area contributed by atoms with Gasteiger partial charge >= 0.3 is 0 Å². The van der Waals surface area contributed by atoms with Crippen molar-refractivity contribution in [2.75, 3.05) is 44.7 Å². The molecule has 0 unspecified atom stereocenters. The van der Waals surface area contributed by atoms with Crippen LogP contribution in [0.2, 0.25) is 5.02 Å². The average Bonchev–Trinajstić information content (AvgIpc) is 2.76. The molecule has 3 aromatic rings. The van der Waals surface area contributed by atoms with Gasteiger partial charge in [-0.25, -0.2) is 9.97 Å². The normalized spacial score (nSPS) is 11.6. The number of hydrogen-bond acceptors (Lipinski definition) is 6. The molecule has 6 nitrogen and oxygen atoms in total. The maximum Gasteiger partial charge on any atom is 0.154 e. The summed E-state index contributed by atoms with van der Waals surface area (Å²) in [6.45, 7) is 2.84. The number of aliphatic hydroxyl groups excluding tert-OH is 2. The van der Waals surface area contributed by atoms with Gasteiger partial charge in [0.1, 0.15) is 5.82 Å². The molecule has 1 aromatic heterocycles. The van der Waals surface area contributed by atoms with Crippen LogP contribution in [0.1, 0.15) is 17.8 Å². The first kappa shape index (κ1) is 22.2. The van der Waals surface area contributed by atoms with E-state index in [-0.39, 0.29) is 13.2 Å². The molecule has 0 aliphatic rings. The molecule has 2 aromatic carbocycles. The van der Waals surface area contributed by atoms with Crippen molar-refractivity contribution in [3.8, 4) is 0 Å². The fourth-order valence-corrected chi connectivity index (χ4v) is 3.30. The molecule has 0 spiro atoms. The number of aliphatic hydroxyl groups is 2. The van der Waals surface area contributed by atoms with Gasteiger partial charge in [0, 0.05) is 30.0 Å². The number of fused-ring (bicyclic) bond motifs is 1. The summed E-state index contributed by atoms with van der Waals surface area (Å²) in [4.78, 5) is 11.4. The van der Waals surface area contributed by atoms with E-state index in [1.807, 2.05) is 65.6 Å². The van der Waals surface area contributed by atoms with Crippen LogP contribution >= 0.6 is 11.6 Å². The zero-order valence-electron chi connectivity index (χ0n) is 16.8. The van der Waals surface area contributed by atoms with Crippen LogP contribution in [-0.4, -0.2) is 64.5 Å². The van der Waals surface area contributed by atoms with Crippen molar-refractivity contribution in [1.82, 2.24) is 14.9 Å². The lowest BCUT2D eigenvalue weighted by atomic mass is 10.2. The Labute approximate surface area is 181 Å². The van der Waals surface area contributed by atoms with Gasteiger partial charge in [0.25, 0.3) is 0 Å². The number of benzene rings is 2. The molecule has 0 fully saturated rings. The van der Waals surface area contributed by atoms with Gasteiger partial charge in [-0.05, 0) is 48.9 Å². The van der Waals surface area contributed by atoms with Gasteiger partial charge in [-0.2, -0.15) is 0 Å². The Morgan fingerprint density at radius 2 is 1.63 bits per heavy atom. The summed E-state index contributed by atoms with van der Waals surface area (Å²) in [6.07, 6.45) is 4.73. The van der Waals surface area contributed by atoms with Gasteiger partial charge < -0.3 is 15.5 Å². The fraction of sp³-hybridized carbons (Fsp3) is 0.304. The number of nitrogens with one attached hydrogen (secondary N) is 1. The van der Waals surface area contributed by atoms with Crippen LogP contribution in [0.5, 0.6) is 0 Å². The Morgan fingerprint density at radius 1 is 0.900 bits per heavy atom. The second-order valence-corrected chi connectivity index (χ2v) is 7.34. The van der Waals surface area contributed by atoms with Gasteiger partial charge in [0.2, 0.25) is 0 Å². The largest absolute Gasteiger partial charge is 0.395 e. The molecule has 0 aliphatic heterocycles. The van der Waals surface area contributed by atoms with Gasteiger partial charge in [0.15, 0.2) is 5.82 Å². The van der Waals surface area contributed by atoms with Crippen LogP contribution in [0.3, 0.4) is 0 Å². The van der Waals surface area contributed by atoms with Crippen molar-refractivity contribution in [1.29, 1.82) is 0 Å². The van der Waals surface area contributed by atoms with E-state index in [4.69, 9.17) is 26.8 Å². The monoisotopic (exact) mass is 426 g/mol. The Balaban J connectivity index is 1.70. The first-order chi connectivity index (χ1) is 14.7. The van der Waals surface area contributed by atoms with Gasteiger partial charge in [-0.1, -0.05) is 41.9 Å². The first-order valence-corrected chi connectivity index (χ1v) is 10.5. The van der Waals surface area contributed by atoms with Crippen LogP contribution in [0.15, 0.2) is 48.5 Å². The molecule has 0 radical (unpaired) electrons. The lowest BCUT2D eigenvalue weighted by Crippen LogP contribution is -2.31. The van der Waals surface area contributed by atoms with E-state index in [0.717, 1.165) is 41.8 Å².